The number of carboxylic acids is 1. The topological polar surface area (TPSA) is 125 Å². The molecule has 1 aliphatic rings. The second-order valence-electron chi connectivity index (χ2n) is 7.97. The van der Waals surface area contributed by atoms with Gasteiger partial charge in [0.25, 0.3) is 0 Å². The molecule has 0 heterocycles. The van der Waals surface area contributed by atoms with Crippen LogP contribution in [0.3, 0.4) is 0 Å². The first-order chi connectivity index (χ1) is 16.3. The predicted molar refractivity (Wildman–Crippen MR) is 119 cm³/mol. The zero-order chi connectivity index (χ0) is 24.7. The van der Waals surface area contributed by atoms with E-state index in [0.717, 1.165) is 22.3 Å². The van der Waals surface area contributed by atoms with Crippen LogP contribution < -0.4 is 10.6 Å². The second-order valence-corrected chi connectivity index (χ2v) is 7.97. The number of carbonyl (C=O) groups is 3. The van der Waals surface area contributed by atoms with Crippen molar-refractivity contribution in [3.05, 3.63) is 59.7 Å². The van der Waals surface area contributed by atoms with E-state index in [9.17, 15) is 28.3 Å². The first-order valence-electron chi connectivity index (χ1n) is 10.8. The van der Waals surface area contributed by atoms with Crippen LogP contribution in [0.1, 0.15) is 36.3 Å². The van der Waals surface area contributed by atoms with Crippen molar-refractivity contribution in [1.82, 2.24) is 10.6 Å². The van der Waals surface area contributed by atoms with Crippen molar-refractivity contribution in [3.8, 4) is 11.1 Å². The van der Waals surface area contributed by atoms with Crippen molar-refractivity contribution >= 4 is 18.0 Å². The van der Waals surface area contributed by atoms with Crippen molar-refractivity contribution in [2.24, 2.45) is 0 Å². The molecule has 2 atom stereocenters. The second kappa shape index (κ2) is 11.6. The lowest BCUT2D eigenvalue weighted by molar-refractivity contribution is -0.137. The summed E-state index contributed by atoms with van der Waals surface area (Å²) in [4.78, 5) is 35.9. The molecule has 0 saturated heterocycles. The number of aliphatic hydroxyl groups excluding tert-OH is 1. The molecule has 2 aromatic rings. The summed E-state index contributed by atoms with van der Waals surface area (Å²) in [5.74, 6) is -2.29. The highest BCUT2D eigenvalue weighted by Crippen LogP contribution is 2.44. The molecule has 34 heavy (non-hydrogen) atoms. The smallest absolute Gasteiger partial charge is 0.407 e. The van der Waals surface area contributed by atoms with E-state index in [1.807, 2.05) is 48.5 Å². The maximum absolute atomic E-state index is 12.6. The van der Waals surface area contributed by atoms with Crippen LogP contribution in [0.2, 0.25) is 0 Å². The number of carboxylic acid groups (broad SMARTS) is 1. The van der Waals surface area contributed by atoms with Crippen LogP contribution in [0.5, 0.6) is 0 Å². The van der Waals surface area contributed by atoms with E-state index in [1.54, 1.807) is 0 Å². The van der Waals surface area contributed by atoms with Gasteiger partial charge in [0.15, 0.2) is 0 Å². The minimum absolute atomic E-state index is 0.0161. The van der Waals surface area contributed by atoms with Crippen molar-refractivity contribution in [2.75, 3.05) is 13.2 Å². The molecule has 0 spiro atoms. The number of alkyl halides is 2. The molecule has 0 bridgehead atoms. The highest BCUT2D eigenvalue weighted by molar-refractivity contribution is 5.86. The fourth-order valence-corrected chi connectivity index (χ4v) is 4.01. The molecule has 0 radical (unpaired) electrons. The number of aliphatic carboxylic acids is 1. The molecule has 10 heteroatoms. The lowest BCUT2D eigenvalue weighted by atomic mass is 9.98. The molecule has 0 aromatic heterocycles. The van der Waals surface area contributed by atoms with E-state index < -0.39 is 55.9 Å². The van der Waals surface area contributed by atoms with Crippen LogP contribution in [0, 0.1) is 0 Å². The Labute approximate surface area is 194 Å². The van der Waals surface area contributed by atoms with Crippen molar-refractivity contribution in [1.29, 1.82) is 0 Å². The molecular weight excluding hydrogens is 450 g/mol. The molecule has 2 aromatic carbocycles. The standard InChI is InChI=1S/C24H26F2N2O6/c25-21(26)11-14(12-29)27-23(32)20(9-10-22(30)31)28-24(33)34-13-19-17-7-3-1-5-15(17)16-6-2-4-8-18(16)19/h1-8,14,19-21,29H,9-13H2,(H,27,32)(H,28,33)(H,30,31). The lowest BCUT2D eigenvalue weighted by Crippen LogP contribution is -2.51. The zero-order valence-electron chi connectivity index (χ0n) is 18.2. The van der Waals surface area contributed by atoms with Gasteiger partial charge in [-0.2, -0.15) is 0 Å². The summed E-state index contributed by atoms with van der Waals surface area (Å²) in [5.41, 5.74) is 4.07. The molecule has 3 rings (SSSR count). The lowest BCUT2D eigenvalue weighted by Gasteiger charge is -2.22. The Kier molecular flexibility index (Phi) is 8.53. The third-order valence-electron chi connectivity index (χ3n) is 5.63. The maximum Gasteiger partial charge on any atom is 0.407 e. The highest BCUT2D eigenvalue weighted by atomic mass is 19.3. The number of hydrogen-bond donors (Lipinski definition) is 4. The Hall–Kier alpha value is -3.53. The molecule has 0 fully saturated rings. The van der Waals surface area contributed by atoms with Crippen molar-refractivity contribution in [3.63, 3.8) is 0 Å². The van der Waals surface area contributed by atoms with Gasteiger partial charge in [0, 0.05) is 18.8 Å². The number of fused-ring (bicyclic) bond motifs is 3. The normalized spacial score (nSPS) is 14.1. The molecule has 2 amide bonds. The number of amides is 2. The van der Waals surface area contributed by atoms with E-state index in [0.29, 0.717) is 0 Å². The number of nitrogens with one attached hydrogen (secondary N) is 2. The van der Waals surface area contributed by atoms with Gasteiger partial charge in [-0.1, -0.05) is 48.5 Å². The number of hydrogen-bond acceptors (Lipinski definition) is 5. The minimum Gasteiger partial charge on any atom is -0.481 e. The first-order valence-corrected chi connectivity index (χ1v) is 10.8. The summed E-state index contributed by atoms with van der Waals surface area (Å²) >= 11 is 0. The fraction of sp³-hybridized carbons (Fsp3) is 0.375. The summed E-state index contributed by atoms with van der Waals surface area (Å²) < 4.78 is 30.6. The van der Waals surface area contributed by atoms with Crippen molar-refractivity contribution < 1.29 is 38.1 Å². The Morgan fingerprint density at radius 1 is 0.971 bits per heavy atom. The Morgan fingerprint density at radius 3 is 2.09 bits per heavy atom. The number of benzene rings is 2. The van der Waals surface area contributed by atoms with E-state index >= 15 is 0 Å². The molecule has 0 saturated carbocycles. The van der Waals surface area contributed by atoms with Crippen LogP contribution in [-0.4, -0.2) is 59.9 Å². The first kappa shape index (κ1) is 25.1. The van der Waals surface area contributed by atoms with Crippen LogP contribution in [0.25, 0.3) is 11.1 Å². The Balaban J connectivity index is 1.65. The predicted octanol–water partition coefficient (Wildman–Crippen LogP) is 2.89. The quantitative estimate of drug-likeness (QED) is 0.395. The molecule has 182 valence electrons. The van der Waals surface area contributed by atoms with Gasteiger partial charge in [0.05, 0.1) is 12.6 Å². The van der Waals surface area contributed by atoms with Gasteiger partial charge in [-0.15, -0.1) is 0 Å². The molecule has 0 aliphatic heterocycles. The van der Waals surface area contributed by atoms with E-state index in [-0.39, 0.29) is 18.9 Å². The molecule has 1 aliphatic carbocycles. The summed E-state index contributed by atoms with van der Waals surface area (Å²) in [6.07, 6.45) is -5.20. The highest BCUT2D eigenvalue weighted by Gasteiger charge is 2.30. The van der Waals surface area contributed by atoms with Crippen molar-refractivity contribution in [2.45, 2.75) is 43.7 Å². The van der Waals surface area contributed by atoms with Gasteiger partial charge < -0.3 is 25.6 Å². The maximum atomic E-state index is 12.6. The number of halogens is 2. The van der Waals surface area contributed by atoms with Gasteiger partial charge in [0.2, 0.25) is 12.3 Å². The number of carbonyl (C=O) groups excluding carboxylic acids is 2. The van der Waals surface area contributed by atoms with Gasteiger partial charge in [-0.05, 0) is 28.7 Å². The number of ether oxygens (including phenoxy) is 1. The van der Waals surface area contributed by atoms with Crippen LogP contribution in [0.15, 0.2) is 48.5 Å². The molecule has 4 N–H and O–H groups in total. The zero-order valence-corrected chi connectivity index (χ0v) is 18.2. The Morgan fingerprint density at radius 2 is 1.56 bits per heavy atom. The third-order valence-corrected chi connectivity index (χ3v) is 5.63. The SMILES string of the molecule is O=C(O)CCC(NC(=O)OCC1c2ccccc2-c2ccccc21)C(=O)NC(CO)CC(F)F. The summed E-state index contributed by atoms with van der Waals surface area (Å²) in [6.45, 7) is -0.746. The van der Waals surface area contributed by atoms with Gasteiger partial charge >= 0.3 is 12.1 Å². The van der Waals surface area contributed by atoms with Crippen LogP contribution >= 0.6 is 0 Å². The van der Waals surface area contributed by atoms with Crippen LogP contribution in [-0.2, 0) is 14.3 Å². The van der Waals surface area contributed by atoms with E-state index in [4.69, 9.17) is 9.84 Å². The van der Waals surface area contributed by atoms with Gasteiger partial charge in [0.1, 0.15) is 12.6 Å². The number of aliphatic hydroxyl groups is 1. The number of rotatable bonds is 11. The van der Waals surface area contributed by atoms with E-state index in [2.05, 4.69) is 10.6 Å². The largest absolute Gasteiger partial charge is 0.481 e. The summed E-state index contributed by atoms with van der Waals surface area (Å²) in [7, 11) is 0. The van der Waals surface area contributed by atoms with Crippen LogP contribution in [0.4, 0.5) is 13.6 Å². The van der Waals surface area contributed by atoms with Gasteiger partial charge in [-0.3, -0.25) is 9.59 Å². The molecule has 8 nitrogen and oxygen atoms in total. The minimum atomic E-state index is -2.76. The molecular formula is C24H26F2N2O6. The summed E-state index contributed by atoms with van der Waals surface area (Å²) in [5, 5.41) is 22.7. The average Bonchev–Trinajstić information content (AvgIpc) is 3.13. The molecule has 2 unspecified atom stereocenters. The fourth-order valence-electron chi connectivity index (χ4n) is 4.01. The monoisotopic (exact) mass is 476 g/mol. The summed E-state index contributed by atoms with van der Waals surface area (Å²) in [6, 6.07) is 12.9. The van der Waals surface area contributed by atoms with E-state index in [1.165, 1.54) is 0 Å². The third kappa shape index (κ3) is 6.28. The Bertz CT molecular complexity index is 987. The number of alkyl carbamates (subject to hydrolysis) is 1. The van der Waals surface area contributed by atoms with Gasteiger partial charge in [-0.25, -0.2) is 13.6 Å². The average molecular weight is 476 g/mol.